The van der Waals surface area contributed by atoms with Crippen LogP contribution in [-0.4, -0.2) is 10.8 Å². The van der Waals surface area contributed by atoms with Crippen LogP contribution in [0.2, 0.25) is 5.02 Å². The molecule has 2 nitrogen and oxygen atoms in total. The maximum atomic E-state index is 11.9. The maximum absolute atomic E-state index is 11.9. The van der Waals surface area contributed by atoms with Gasteiger partial charge < -0.3 is 0 Å². The third kappa shape index (κ3) is 3.14. The van der Waals surface area contributed by atoms with Gasteiger partial charge in [-0.3, -0.25) is 9.78 Å². The van der Waals surface area contributed by atoms with E-state index < -0.39 is 0 Å². The van der Waals surface area contributed by atoms with Gasteiger partial charge in [-0.15, -0.1) is 0 Å². The van der Waals surface area contributed by atoms with E-state index in [4.69, 9.17) is 11.6 Å². The molecule has 1 heterocycles. The second-order valence-electron chi connectivity index (χ2n) is 3.74. The molecule has 1 aromatic heterocycles. The van der Waals surface area contributed by atoms with Crippen molar-refractivity contribution in [1.29, 1.82) is 0 Å². The fraction of sp³-hybridized carbons (Fsp3) is 0.143. The summed E-state index contributed by atoms with van der Waals surface area (Å²) in [6, 6.07) is 13.3. The molecule has 2 aromatic rings. The summed E-state index contributed by atoms with van der Waals surface area (Å²) in [6.07, 6.45) is 2.73. The Hall–Kier alpha value is -1.67. The molecule has 0 atom stereocenters. The third-order valence-corrected chi connectivity index (χ3v) is 2.81. The molecule has 0 unspecified atom stereocenters. The number of halogens is 1. The van der Waals surface area contributed by atoms with Crippen LogP contribution in [0.3, 0.4) is 0 Å². The van der Waals surface area contributed by atoms with Crippen molar-refractivity contribution in [3.63, 3.8) is 0 Å². The quantitative estimate of drug-likeness (QED) is 0.771. The number of aromatic nitrogens is 1. The fourth-order valence-electron chi connectivity index (χ4n) is 1.61. The summed E-state index contributed by atoms with van der Waals surface area (Å²) < 4.78 is 0. The average molecular weight is 246 g/mol. The van der Waals surface area contributed by atoms with E-state index >= 15 is 0 Å². The first-order chi connectivity index (χ1) is 8.27. The molecule has 1 aromatic carbocycles. The van der Waals surface area contributed by atoms with Gasteiger partial charge in [-0.05, 0) is 24.1 Å². The average Bonchev–Trinajstić information content (AvgIpc) is 2.38. The van der Waals surface area contributed by atoms with Gasteiger partial charge in [0, 0.05) is 12.6 Å². The van der Waals surface area contributed by atoms with Gasteiger partial charge in [0.05, 0.1) is 5.02 Å². The predicted molar refractivity (Wildman–Crippen MR) is 68.3 cm³/mol. The molecule has 17 heavy (non-hydrogen) atoms. The number of Topliss-reactive ketones (excluding diaryl/α,β-unsaturated/α-hetero) is 1. The van der Waals surface area contributed by atoms with E-state index in [9.17, 15) is 4.79 Å². The summed E-state index contributed by atoms with van der Waals surface area (Å²) in [4.78, 5) is 15.9. The standard InChI is InChI=1S/C14H12ClNO/c15-12-7-4-10-16-14(12)13(17)9-8-11-5-2-1-3-6-11/h1-7,10H,8-9H2. The SMILES string of the molecule is O=C(CCc1ccccc1)c1ncccc1Cl. The smallest absolute Gasteiger partial charge is 0.183 e. The Morgan fingerprint density at radius 2 is 1.88 bits per heavy atom. The summed E-state index contributed by atoms with van der Waals surface area (Å²) in [7, 11) is 0. The van der Waals surface area contributed by atoms with E-state index in [1.807, 2.05) is 30.3 Å². The number of nitrogens with zero attached hydrogens (tertiary/aromatic N) is 1. The topological polar surface area (TPSA) is 30.0 Å². The first-order valence-electron chi connectivity index (χ1n) is 5.45. The van der Waals surface area contributed by atoms with Crippen LogP contribution in [0.4, 0.5) is 0 Å². The maximum Gasteiger partial charge on any atom is 0.183 e. The zero-order valence-electron chi connectivity index (χ0n) is 9.27. The van der Waals surface area contributed by atoms with Crippen molar-refractivity contribution in [2.24, 2.45) is 0 Å². The number of benzene rings is 1. The molecule has 0 bridgehead atoms. The first kappa shape index (κ1) is 11.8. The number of pyridine rings is 1. The van der Waals surface area contributed by atoms with Crippen LogP contribution in [0.15, 0.2) is 48.7 Å². The van der Waals surface area contributed by atoms with E-state index in [1.165, 1.54) is 0 Å². The summed E-state index contributed by atoms with van der Waals surface area (Å²) >= 11 is 5.92. The van der Waals surface area contributed by atoms with Gasteiger partial charge >= 0.3 is 0 Å². The normalized spacial score (nSPS) is 10.2. The Balaban J connectivity index is 2.01. The number of hydrogen-bond donors (Lipinski definition) is 0. The van der Waals surface area contributed by atoms with Crippen LogP contribution in [0.1, 0.15) is 22.5 Å². The van der Waals surface area contributed by atoms with Crippen LogP contribution >= 0.6 is 11.6 Å². The molecule has 0 aliphatic carbocycles. The van der Waals surface area contributed by atoms with Crippen molar-refractivity contribution in [3.8, 4) is 0 Å². The lowest BCUT2D eigenvalue weighted by Crippen LogP contribution is -2.04. The molecule has 3 heteroatoms. The summed E-state index contributed by atoms with van der Waals surface area (Å²) in [6.45, 7) is 0. The lowest BCUT2D eigenvalue weighted by molar-refractivity contribution is 0.0978. The Morgan fingerprint density at radius 1 is 1.12 bits per heavy atom. The minimum atomic E-state index is -0.0144. The predicted octanol–water partition coefficient (Wildman–Crippen LogP) is 3.55. The monoisotopic (exact) mass is 245 g/mol. The molecule has 0 fully saturated rings. The number of aryl methyl sites for hydroxylation is 1. The molecule has 0 aliphatic heterocycles. The Kier molecular flexibility index (Phi) is 3.89. The van der Waals surface area contributed by atoms with Crippen LogP contribution in [0.5, 0.6) is 0 Å². The Morgan fingerprint density at radius 3 is 2.59 bits per heavy atom. The Labute approximate surface area is 105 Å². The van der Waals surface area contributed by atoms with Gasteiger partial charge in [0.25, 0.3) is 0 Å². The molecule has 0 N–H and O–H groups in total. The molecule has 0 amide bonds. The summed E-state index contributed by atoms with van der Waals surface area (Å²) in [5, 5.41) is 0.422. The number of rotatable bonds is 4. The molecular weight excluding hydrogens is 234 g/mol. The van der Waals surface area contributed by atoms with Gasteiger partial charge in [0.1, 0.15) is 5.69 Å². The number of carbonyl (C=O) groups is 1. The first-order valence-corrected chi connectivity index (χ1v) is 5.83. The van der Waals surface area contributed by atoms with Gasteiger partial charge in [0.15, 0.2) is 5.78 Å². The van der Waals surface area contributed by atoms with Crippen LogP contribution in [0.25, 0.3) is 0 Å². The van der Waals surface area contributed by atoms with Gasteiger partial charge in [-0.1, -0.05) is 41.9 Å². The van der Waals surface area contributed by atoms with Crippen molar-refractivity contribution in [2.75, 3.05) is 0 Å². The zero-order chi connectivity index (χ0) is 12.1. The highest BCUT2D eigenvalue weighted by Crippen LogP contribution is 2.15. The van der Waals surface area contributed by atoms with Crippen molar-refractivity contribution < 1.29 is 4.79 Å². The van der Waals surface area contributed by atoms with Crippen molar-refractivity contribution >= 4 is 17.4 Å². The van der Waals surface area contributed by atoms with E-state index in [-0.39, 0.29) is 5.78 Å². The van der Waals surface area contributed by atoms with Crippen molar-refractivity contribution in [2.45, 2.75) is 12.8 Å². The molecule has 0 aliphatic rings. The summed E-state index contributed by atoms with van der Waals surface area (Å²) in [5.74, 6) is -0.0144. The lowest BCUT2D eigenvalue weighted by atomic mass is 10.1. The highest BCUT2D eigenvalue weighted by molar-refractivity contribution is 6.33. The lowest BCUT2D eigenvalue weighted by Gasteiger charge is -2.02. The molecule has 0 radical (unpaired) electrons. The number of carbonyl (C=O) groups excluding carboxylic acids is 1. The minimum absolute atomic E-state index is 0.0144. The van der Waals surface area contributed by atoms with Gasteiger partial charge in [-0.2, -0.15) is 0 Å². The van der Waals surface area contributed by atoms with Crippen molar-refractivity contribution in [3.05, 3.63) is 64.9 Å². The van der Waals surface area contributed by atoms with E-state index in [1.54, 1.807) is 18.3 Å². The molecular formula is C14H12ClNO. The molecule has 0 saturated heterocycles. The molecule has 2 rings (SSSR count). The molecule has 86 valence electrons. The second-order valence-corrected chi connectivity index (χ2v) is 4.15. The number of hydrogen-bond acceptors (Lipinski definition) is 2. The summed E-state index contributed by atoms with van der Waals surface area (Å²) in [5.41, 5.74) is 1.51. The fourth-order valence-corrected chi connectivity index (χ4v) is 1.84. The largest absolute Gasteiger partial charge is 0.292 e. The third-order valence-electron chi connectivity index (χ3n) is 2.51. The molecule has 0 spiro atoms. The minimum Gasteiger partial charge on any atom is -0.292 e. The second kappa shape index (κ2) is 5.60. The van der Waals surface area contributed by atoms with E-state index in [0.717, 1.165) is 5.56 Å². The molecule has 0 saturated carbocycles. The highest BCUT2D eigenvalue weighted by atomic mass is 35.5. The van der Waals surface area contributed by atoms with Gasteiger partial charge in [-0.25, -0.2) is 0 Å². The van der Waals surface area contributed by atoms with E-state index in [0.29, 0.717) is 23.6 Å². The zero-order valence-corrected chi connectivity index (χ0v) is 10.0. The van der Waals surface area contributed by atoms with Gasteiger partial charge in [0.2, 0.25) is 0 Å². The van der Waals surface area contributed by atoms with Crippen molar-refractivity contribution in [1.82, 2.24) is 4.98 Å². The highest BCUT2D eigenvalue weighted by Gasteiger charge is 2.10. The van der Waals surface area contributed by atoms with E-state index in [2.05, 4.69) is 4.98 Å². The Bertz CT molecular complexity index is 511. The van der Waals surface area contributed by atoms with Crippen LogP contribution < -0.4 is 0 Å². The van der Waals surface area contributed by atoms with Crippen LogP contribution in [-0.2, 0) is 6.42 Å². The number of ketones is 1. The van der Waals surface area contributed by atoms with Crippen LogP contribution in [0, 0.1) is 0 Å².